The number of nitrogens with one attached hydrogen (secondary N) is 1. The van der Waals surface area contributed by atoms with Gasteiger partial charge in [0.15, 0.2) is 5.13 Å². The van der Waals surface area contributed by atoms with Gasteiger partial charge < -0.3 is 15.0 Å². The molecule has 1 N–H and O–H groups in total. The SMILES string of the molecule is CCOC(=O)c1sc(NC(=O)C2CC(=O)N(c3ccccc3)C2)nc1C. The Labute approximate surface area is 155 Å². The number of para-hydroxylation sites is 1. The van der Waals surface area contributed by atoms with Crippen LogP contribution in [0.3, 0.4) is 0 Å². The molecule has 8 heteroatoms. The molecule has 2 heterocycles. The molecule has 1 aromatic carbocycles. The molecule has 2 aromatic rings. The van der Waals surface area contributed by atoms with Crippen molar-refractivity contribution in [1.29, 1.82) is 0 Å². The molecule has 1 aliphatic heterocycles. The standard InChI is InChI=1S/C18H19N3O4S/c1-3-25-17(24)15-11(2)19-18(26-15)20-16(23)12-9-14(22)21(10-12)13-7-5-4-6-8-13/h4-8,12H,3,9-10H2,1-2H3,(H,19,20,23). The van der Waals surface area contributed by atoms with Crippen LogP contribution in [0, 0.1) is 12.8 Å². The first kappa shape index (κ1) is 18.1. The molecule has 1 aliphatic rings. The van der Waals surface area contributed by atoms with Gasteiger partial charge in [-0.3, -0.25) is 9.59 Å². The number of hydrogen-bond acceptors (Lipinski definition) is 6. The van der Waals surface area contributed by atoms with Crippen LogP contribution in [0.4, 0.5) is 10.8 Å². The average Bonchev–Trinajstić information content (AvgIpc) is 3.19. The number of amides is 2. The molecule has 7 nitrogen and oxygen atoms in total. The van der Waals surface area contributed by atoms with Crippen molar-refractivity contribution in [3.63, 3.8) is 0 Å². The van der Waals surface area contributed by atoms with Gasteiger partial charge in [-0.15, -0.1) is 0 Å². The van der Waals surface area contributed by atoms with Crippen LogP contribution in [0.25, 0.3) is 0 Å². The molecule has 1 aromatic heterocycles. The van der Waals surface area contributed by atoms with E-state index in [0.29, 0.717) is 22.2 Å². The monoisotopic (exact) mass is 373 g/mol. The number of hydrogen-bond donors (Lipinski definition) is 1. The number of rotatable bonds is 5. The fourth-order valence-corrected chi connectivity index (χ4v) is 3.65. The Hall–Kier alpha value is -2.74. The second-order valence-electron chi connectivity index (χ2n) is 5.88. The molecule has 1 saturated heterocycles. The van der Waals surface area contributed by atoms with E-state index in [0.717, 1.165) is 17.0 Å². The second-order valence-corrected chi connectivity index (χ2v) is 6.88. The summed E-state index contributed by atoms with van der Waals surface area (Å²) in [6.45, 7) is 4.02. The van der Waals surface area contributed by atoms with Gasteiger partial charge in [0.25, 0.3) is 0 Å². The lowest BCUT2D eigenvalue weighted by Gasteiger charge is -2.16. The summed E-state index contributed by atoms with van der Waals surface area (Å²) in [6.07, 6.45) is 0.149. The maximum atomic E-state index is 12.5. The average molecular weight is 373 g/mol. The zero-order valence-electron chi connectivity index (χ0n) is 14.5. The smallest absolute Gasteiger partial charge is 0.350 e. The third kappa shape index (κ3) is 3.75. The molecule has 26 heavy (non-hydrogen) atoms. The second kappa shape index (κ2) is 7.65. The number of carbonyl (C=O) groups is 3. The van der Waals surface area contributed by atoms with Crippen LogP contribution in [0.15, 0.2) is 30.3 Å². The van der Waals surface area contributed by atoms with Crippen molar-refractivity contribution < 1.29 is 19.1 Å². The van der Waals surface area contributed by atoms with Crippen LogP contribution in [0.2, 0.25) is 0 Å². The van der Waals surface area contributed by atoms with E-state index in [9.17, 15) is 14.4 Å². The number of benzene rings is 1. The highest BCUT2D eigenvalue weighted by Gasteiger charge is 2.35. The molecule has 1 fully saturated rings. The maximum Gasteiger partial charge on any atom is 0.350 e. The molecule has 0 saturated carbocycles. The van der Waals surface area contributed by atoms with E-state index in [1.165, 1.54) is 0 Å². The van der Waals surface area contributed by atoms with Gasteiger partial charge in [-0.1, -0.05) is 29.5 Å². The Morgan fingerprint density at radius 2 is 2.08 bits per heavy atom. The number of carbonyl (C=O) groups excluding carboxylic acids is 3. The zero-order chi connectivity index (χ0) is 18.7. The Balaban J connectivity index is 1.67. The minimum absolute atomic E-state index is 0.0844. The predicted molar refractivity (Wildman–Crippen MR) is 98.3 cm³/mol. The molecular formula is C18H19N3O4S. The number of aryl methyl sites for hydroxylation is 1. The molecule has 0 bridgehead atoms. The molecule has 0 spiro atoms. The number of thiazole rings is 1. The molecular weight excluding hydrogens is 354 g/mol. The van der Waals surface area contributed by atoms with E-state index in [1.54, 1.807) is 18.7 Å². The summed E-state index contributed by atoms with van der Waals surface area (Å²) in [5.74, 6) is -1.27. The molecule has 0 aliphatic carbocycles. The zero-order valence-corrected chi connectivity index (χ0v) is 15.3. The molecule has 2 amide bonds. The van der Waals surface area contributed by atoms with Gasteiger partial charge in [-0.25, -0.2) is 9.78 Å². The van der Waals surface area contributed by atoms with Crippen molar-refractivity contribution in [1.82, 2.24) is 4.98 Å². The topological polar surface area (TPSA) is 88.6 Å². The lowest BCUT2D eigenvalue weighted by Crippen LogP contribution is -2.28. The summed E-state index contributed by atoms with van der Waals surface area (Å²) >= 11 is 1.08. The van der Waals surface area contributed by atoms with Gasteiger partial charge in [0.2, 0.25) is 11.8 Å². The largest absolute Gasteiger partial charge is 0.462 e. The predicted octanol–water partition coefficient (Wildman–Crippen LogP) is 2.62. The molecule has 3 rings (SSSR count). The van der Waals surface area contributed by atoms with Crippen molar-refractivity contribution in [3.8, 4) is 0 Å². The summed E-state index contributed by atoms with van der Waals surface area (Å²) < 4.78 is 4.97. The number of esters is 1. The highest BCUT2D eigenvalue weighted by atomic mass is 32.1. The first-order valence-electron chi connectivity index (χ1n) is 8.30. The molecule has 1 atom stereocenters. The van der Waals surface area contributed by atoms with Crippen LogP contribution in [0.1, 0.15) is 28.7 Å². The molecule has 1 unspecified atom stereocenters. The third-order valence-electron chi connectivity index (χ3n) is 4.05. The summed E-state index contributed by atoms with van der Waals surface area (Å²) in [6, 6.07) is 9.26. The number of aromatic nitrogens is 1. The minimum Gasteiger partial charge on any atom is -0.462 e. The Morgan fingerprint density at radius 3 is 2.77 bits per heavy atom. The van der Waals surface area contributed by atoms with E-state index in [2.05, 4.69) is 10.3 Å². The Kier molecular flexibility index (Phi) is 5.32. The van der Waals surface area contributed by atoms with E-state index in [-0.39, 0.29) is 24.8 Å². The van der Waals surface area contributed by atoms with Gasteiger partial charge in [0.05, 0.1) is 18.2 Å². The summed E-state index contributed by atoms with van der Waals surface area (Å²) in [4.78, 5) is 42.8. The van der Waals surface area contributed by atoms with E-state index < -0.39 is 11.9 Å². The Bertz CT molecular complexity index is 834. The van der Waals surface area contributed by atoms with Gasteiger partial charge in [-0.05, 0) is 26.0 Å². The van der Waals surface area contributed by atoms with Crippen molar-refractivity contribution in [2.75, 3.05) is 23.4 Å². The third-order valence-corrected chi connectivity index (χ3v) is 5.10. The summed E-state index contributed by atoms with van der Waals surface area (Å²) in [5.41, 5.74) is 1.29. The fraction of sp³-hybridized carbons (Fsp3) is 0.333. The van der Waals surface area contributed by atoms with Crippen molar-refractivity contribution in [2.45, 2.75) is 20.3 Å². The number of nitrogens with zero attached hydrogens (tertiary/aromatic N) is 2. The van der Waals surface area contributed by atoms with Gasteiger partial charge in [-0.2, -0.15) is 0 Å². The van der Waals surface area contributed by atoms with Crippen LogP contribution < -0.4 is 10.2 Å². The van der Waals surface area contributed by atoms with Crippen LogP contribution in [-0.4, -0.2) is 35.9 Å². The van der Waals surface area contributed by atoms with E-state index >= 15 is 0 Å². The van der Waals surface area contributed by atoms with Crippen molar-refractivity contribution >= 4 is 39.9 Å². The number of anilines is 2. The van der Waals surface area contributed by atoms with Crippen LogP contribution in [-0.2, 0) is 14.3 Å². The van der Waals surface area contributed by atoms with Crippen LogP contribution >= 0.6 is 11.3 Å². The summed E-state index contributed by atoms with van der Waals surface area (Å²) in [5, 5.41) is 3.05. The highest BCUT2D eigenvalue weighted by molar-refractivity contribution is 7.17. The van der Waals surface area contributed by atoms with Gasteiger partial charge in [0.1, 0.15) is 4.88 Å². The van der Waals surface area contributed by atoms with E-state index in [4.69, 9.17) is 4.74 Å². The van der Waals surface area contributed by atoms with E-state index in [1.807, 2.05) is 30.3 Å². The normalized spacial score (nSPS) is 16.6. The summed E-state index contributed by atoms with van der Waals surface area (Å²) in [7, 11) is 0. The minimum atomic E-state index is -0.460. The fourth-order valence-electron chi connectivity index (χ4n) is 2.78. The van der Waals surface area contributed by atoms with Gasteiger partial charge >= 0.3 is 5.97 Å². The van der Waals surface area contributed by atoms with Crippen molar-refractivity contribution in [3.05, 3.63) is 40.9 Å². The first-order chi connectivity index (χ1) is 12.5. The van der Waals surface area contributed by atoms with Crippen molar-refractivity contribution in [2.24, 2.45) is 5.92 Å². The maximum absolute atomic E-state index is 12.5. The lowest BCUT2D eigenvalue weighted by molar-refractivity contribution is -0.122. The van der Waals surface area contributed by atoms with Gasteiger partial charge in [0, 0.05) is 18.7 Å². The molecule has 136 valence electrons. The molecule has 0 radical (unpaired) electrons. The lowest BCUT2D eigenvalue weighted by atomic mass is 10.1. The first-order valence-corrected chi connectivity index (χ1v) is 9.12. The number of ether oxygens (including phenoxy) is 1. The highest BCUT2D eigenvalue weighted by Crippen LogP contribution is 2.28. The quantitative estimate of drug-likeness (QED) is 0.814. The Morgan fingerprint density at radius 1 is 1.35 bits per heavy atom. The van der Waals surface area contributed by atoms with Crippen LogP contribution in [0.5, 0.6) is 0 Å².